The minimum absolute atomic E-state index is 0.252. The smallest absolute Gasteiger partial charge is 0.307 e. The summed E-state index contributed by atoms with van der Waals surface area (Å²) in [4.78, 5) is 25.2. The van der Waals surface area contributed by atoms with Crippen LogP contribution in [0.2, 0.25) is 0 Å². The first-order valence-electron chi connectivity index (χ1n) is 5.78. The van der Waals surface area contributed by atoms with Gasteiger partial charge in [-0.25, -0.2) is 9.37 Å². The molecule has 1 heterocycles. The molecule has 0 atom stereocenters. The number of anilines is 1. The molecule has 2 rings (SSSR count). The van der Waals surface area contributed by atoms with E-state index in [1.807, 2.05) is 0 Å². The third kappa shape index (κ3) is 2.99. The zero-order valence-corrected chi connectivity index (χ0v) is 10.7. The molecule has 0 unspecified atom stereocenters. The Balaban J connectivity index is 2.28. The molecule has 1 aromatic carbocycles. The lowest BCUT2D eigenvalue weighted by atomic mass is 10.2. The minimum atomic E-state index is -1.33. The summed E-state index contributed by atoms with van der Waals surface area (Å²) in [5.41, 5.74) is -1.48. The normalized spacial score (nSPS) is 10.4. The molecule has 2 aromatic rings. The van der Waals surface area contributed by atoms with E-state index in [4.69, 9.17) is 0 Å². The zero-order valence-electron chi connectivity index (χ0n) is 10.7. The Bertz CT molecular complexity index is 716. The fourth-order valence-corrected chi connectivity index (χ4v) is 1.51. The number of carbonyl (C=O) groups excluding carboxylic acids is 1. The van der Waals surface area contributed by atoms with Crippen LogP contribution in [0.15, 0.2) is 12.1 Å². The highest BCUT2D eigenvalue weighted by Gasteiger charge is 2.21. The number of H-pyrrole nitrogens is 1. The molecule has 110 valence electrons. The van der Waals surface area contributed by atoms with Crippen molar-refractivity contribution in [2.75, 3.05) is 5.32 Å². The van der Waals surface area contributed by atoms with Crippen molar-refractivity contribution in [2.45, 2.75) is 13.3 Å². The van der Waals surface area contributed by atoms with E-state index in [0.29, 0.717) is 24.4 Å². The second kappa shape index (κ2) is 5.61. The molecule has 0 radical (unpaired) electrons. The molecule has 0 saturated heterocycles. The zero-order chi connectivity index (χ0) is 15.6. The number of nitro benzene ring substituents is 1. The van der Waals surface area contributed by atoms with Crippen molar-refractivity contribution in [3.63, 3.8) is 0 Å². The molecule has 0 aliphatic rings. The maximum absolute atomic E-state index is 13.5. The van der Waals surface area contributed by atoms with Gasteiger partial charge in [0.1, 0.15) is 11.6 Å². The molecule has 0 aliphatic heterocycles. The van der Waals surface area contributed by atoms with E-state index in [-0.39, 0.29) is 5.82 Å². The molecule has 0 aliphatic carbocycles. The number of halogens is 2. The molecule has 21 heavy (non-hydrogen) atoms. The standard InChI is InChI=1S/C11H9F2N5O3/c1-2-9-15-10(17-16-9)11(19)14-7-4-8(18(20)21)6(13)3-5(7)12/h3-4H,2H2,1H3,(H,14,19)(H,15,16,17). The number of aromatic nitrogens is 3. The van der Waals surface area contributed by atoms with Crippen LogP contribution in [0.4, 0.5) is 20.2 Å². The fourth-order valence-electron chi connectivity index (χ4n) is 1.51. The number of hydrogen-bond donors (Lipinski definition) is 2. The summed E-state index contributed by atoms with van der Waals surface area (Å²) in [5, 5.41) is 18.7. The van der Waals surface area contributed by atoms with Crippen molar-refractivity contribution in [1.82, 2.24) is 15.2 Å². The van der Waals surface area contributed by atoms with Gasteiger partial charge in [-0.3, -0.25) is 20.0 Å². The Hall–Kier alpha value is -2.91. The molecular formula is C11H9F2N5O3. The van der Waals surface area contributed by atoms with Crippen LogP contribution in [-0.4, -0.2) is 26.0 Å². The van der Waals surface area contributed by atoms with Crippen LogP contribution in [0.5, 0.6) is 0 Å². The monoisotopic (exact) mass is 297 g/mol. The van der Waals surface area contributed by atoms with Gasteiger partial charge in [0.05, 0.1) is 10.6 Å². The van der Waals surface area contributed by atoms with Gasteiger partial charge in [-0.15, -0.1) is 5.10 Å². The molecule has 0 spiro atoms. The van der Waals surface area contributed by atoms with Gasteiger partial charge < -0.3 is 5.32 Å². The quantitative estimate of drug-likeness (QED) is 0.659. The Labute approximate surface area is 116 Å². The molecular weight excluding hydrogens is 288 g/mol. The second-order valence-electron chi connectivity index (χ2n) is 3.95. The van der Waals surface area contributed by atoms with Gasteiger partial charge in [-0.2, -0.15) is 4.39 Å². The first-order valence-corrected chi connectivity index (χ1v) is 5.78. The first kappa shape index (κ1) is 14.5. The lowest BCUT2D eigenvalue weighted by Gasteiger charge is -2.04. The van der Waals surface area contributed by atoms with Crippen molar-refractivity contribution in [3.8, 4) is 0 Å². The number of nitrogens with one attached hydrogen (secondary N) is 2. The predicted octanol–water partition coefficient (Wildman–Crippen LogP) is 1.81. The minimum Gasteiger partial charge on any atom is -0.316 e. The van der Waals surface area contributed by atoms with E-state index in [1.54, 1.807) is 6.92 Å². The van der Waals surface area contributed by atoms with Gasteiger partial charge >= 0.3 is 5.69 Å². The molecule has 10 heteroatoms. The van der Waals surface area contributed by atoms with E-state index in [2.05, 4.69) is 20.5 Å². The van der Waals surface area contributed by atoms with Gasteiger partial charge in [-0.1, -0.05) is 6.92 Å². The van der Waals surface area contributed by atoms with Gasteiger partial charge in [-0.05, 0) is 0 Å². The largest absolute Gasteiger partial charge is 0.316 e. The predicted molar refractivity (Wildman–Crippen MR) is 66.7 cm³/mol. The highest BCUT2D eigenvalue weighted by Crippen LogP contribution is 2.25. The fraction of sp³-hybridized carbons (Fsp3) is 0.182. The average molecular weight is 297 g/mol. The number of benzene rings is 1. The van der Waals surface area contributed by atoms with E-state index in [9.17, 15) is 23.7 Å². The van der Waals surface area contributed by atoms with Crippen molar-refractivity contribution < 1.29 is 18.5 Å². The summed E-state index contributed by atoms with van der Waals surface area (Å²) in [6.45, 7) is 1.78. The summed E-state index contributed by atoms with van der Waals surface area (Å²) in [6.07, 6.45) is 0.511. The molecule has 2 N–H and O–H groups in total. The Kier molecular flexibility index (Phi) is 3.87. The number of hydrogen-bond acceptors (Lipinski definition) is 5. The summed E-state index contributed by atoms with van der Waals surface area (Å²) in [7, 11) is 0. The highest BCUT2D eigenvalue weighted by atomic mass is 19.1. The molecule has 8 nitrogen and oxygen atoms in total. The summed E-state index contributed by atoms with van der Waals surface area (Å²) in [6, 6.07) is 0.916. The van der Waals surface area contributed by atoms with Crippen molar-refractivity contribution in [3.05, 3.63) is 45.5 Å². The van der Waals surface area contributed by atoms with Crippen molar-refractivity contribution >= 4 is 17.3 Å². The van der Waals surface area contributed by atoms with Crippen molar-refractivity contribution in [1.29, 1.82) is 0 Å². The van der Waals surface area contributed by atoms with Crippen LogP contribution < -0.4 is 5.32 Å². The second-order valence-corrected chi connectivity index (χ2v) is 3.95. The Morgan fingerprint density at radius 1 is 1.43 bits per heavy atom. The number of aryl methyl sites for hydroxylation is 1. The van der Waals surface area contributed by atoms with Crippen LogP contribution in [0.1, 0.15) is 23.4 Å². The third-order valence-electron chi connectivity index (χ3n) is 2.55. The summed E-state index contributed by atoms with van der Waals surface area (Å²) < 4.78 is 26.7. The Morgan fingerprint density at radius 3 is 2.71 bits per heavy atom. The van der Waals surface area contributed by atoms with E-state index in [1.165, 1.54) is 0 Å². The van der Waals surface area contributed by atoms with Crippen LogP contribution in [0.3, 0.4) is 0 Å². The lowest BCUT2D eigenvalue weighted by molar-refractivity contribution is -0.387. The number of amides is 1. The maximum atomic E-state index is 13.5. The van der Waals surface area contributed by atoms with Crippen molar-refractivity contribution in [2.24, 2.45) is 0 Å². The van der Waals surface area contributed by atoms with Gasteiger partial charge in [0.2, 0.25) is 11.6 Å². The molecule has 0 bridgehead atoms. The number of aromatic amines is 1. The lowest BCUT2D eigenvalue weighted by Crippen LogP contribution is -2.15. The average Bonchev–Trinajstić information content (AvgIpc) is 2.90. The summed E-state index contributed by atoms with van der Waals surface area (Å²) >= 11 is 0. The number of rotatable bonds is 4. The topological polar surface area (TPSA) is 114 Å². The molecule has 1 amide bonds. The number of nitro groups is 1. The van der Waals surface area contributed by atoms with Crippen LogP contribution >= 0.6 is 0 Å². The first-order chi connectivity index (χ1) is 9.92. The highest BCUT2D eigenvalue weighted by molar-refractivity contribution is 6.01. The Morgan fingerprint density at radius 2 is 2.14 bits per heavy atom. The summed E-state index contributed by atoms with van der Waals surface area (Å²) in [5.74, 6) is -3.14. The van der Waals surface area contributed by atoms with Gasteiger partial charge in [0.25, 0.3) is 5.91 Å². The van der Waals surface area contributed by atoms with Crippen LogP contribution in [0.25, 0.3) is 0 Å². The van der Waals surface area contributed by atoms with E-state index < -0.39 is 33.8 Å². The number of carbonyl (C=O) groups is 1. The molecule has 0 fully saturated rings. The van der Waals surface area contributed by atoms with E-state index >= 15 is 0 Å². The maximum Gasteiger partial charge on any atom is 0.307 e. The van der Waals surface area contributed by atoms with Gasteiger partial charge in [0.15, 0.2) is 0 Å². The molecule has 1 aromatic heterocycles. The SMILES string of the molecule is CCc1nc(C(=O)Nc2cc([N+](=O)[O-])c(F)cc2F)n[nH]1. The third-order valence-corrected chi connectivity index (χ3v) is 2.55. The van der Waals surface area contributed by atoms with Crippen LogP contribution in [-0.2, 0) is 6.42 Å². The van der Waals surface area contributed by atoms with Gasteiger partial charge in [0, 0.05) is 18.6 Å². The molecule has 0 saturated carbocycles. The van der Waals surface area contributed by atoms with Crippen LogP contribution in [0, 0.1) is 21.7 Å². The van der Waals surface area contributed by atoms with E-state index in [0.717, 1.165) is 0 Å². The number of nitrogens with zero attached hydrogens (tertiary/aromatic N) is 3.